The minimum absolute atomic E-state index is 0.177. The second kappa shape index (κ2) is 8.35. The molecule has 0 saturated carbocycles. The number of hydrogen-bond acceptors (Lipinski definition) is 2. The highest BCUT2D eigenvalue weighted by Gasteiger charge is 2.34. The SMILES string of the molecule is O=C(NC(=S)Nc1ccc(I)cc1C(F)(F)F)c1cc(I)ccc1Cl. The van der Waals surface area contributed by atoms with Gasteiger partial charge in [0.25, 0.3) is 5.91 Å². The van der Waals surface area contributed by atoms with Crippen LogP contribution in [0, 0.1) is 7.14 Å². The van der Waals surface area contributed by atoms with Gasteiger partial charge >= 0.3 is 6.18 Å². The van der Waals surface area contributed by atoms with Crippen LogP contribution in [0.5, 0.6) is 0 Å². The normalized spacial score (nSPS) is 11.1. The highest BCUT2D eigenvalue weighted by molar-refractivity contribution is 14.1. The number of amides is 1. The summed E-state index contributed by atoms with van der Waals surface area (Å²) < 4.78 is 40.5. The van der Waals surface area contributed by atoms with Gasteiger partial charge in [-0.15, -0.1) is 0 Å². The van der Waals surface area contributed by atoms with Gasteiger partial charge in [0, 0.05) is 7.14 Å². The van der Waals surface area contributed by atoms with E-state index in [1.54, 1.807) is 40.8 Å². The van der Waals surface area contributed by atoms with Gasteiger partial charge in [-0.25, -0.2) is 0 Å². The highest BCUT2D eigenvalue weighted by Crippen LogP contribution is 2.35. The zero-order valence-electron chi connectivity index (χ0n) is 12.0. The number of nitrogens with one attached hydrogen (secondary N) is 2. The average molecular weight is 611 g/mol. The van der Waals surface area contributed by atoms with E-state index in [4.69, 9.17) is 23.8 Å². The molecule has 25 heavy (non-hydrogen) atoms. The molecular formula is C15H8ClF3I2N2OS. The number of halogens is 6. The van der Waals surface area contributed by atoms with E-state index in [-0.39, 0.29) is 21.4 Å². The molecule has 0 spiro atoms. The summed E-state index contributed by atoms with van der Waals surface area (Å²) in [5, 5.41) is 4.70. The molecule has 0 atom stereocenters. The van der Waals surface area contributed by atoms with Crippen LogP contribution < -0.4 is 10.6 Å². The maximum Gasteiger partial charge on any atom is 0.418 e. The van der Waals surface area contributed by atoms with Crippen LogP contribution in [0.4, 0.5) is 18.9 Å². The molecule has 0 unspecified atom stereocenters. The predicted molar refractivity (Wildman–Crippen MR) is 112 cm³/mol. The molecule has 0 aliphatic carbocycles. The molecule has 1 amide bonds. The molecule has 2 N–H and O–H groups in total. The first-order valence-electron chi connectivity index (χ1n) is 6.52. The Labute approximate surface area is 179 Å². The van der Waals surface area contributed by atoms with Gasteiger partial charge in [-0.2, -0.15) is 13.2 Å². The van der Waals surface area contributed by atoms with Crippen molar-refractivity contribution in [1.29, 1.82) is 0 Å². The van der Waals surface area contributed by atoms with Gasteiger partial charge in [-0.1, -0.05) is 11.6 Å². The Morgan fingerprint density at radius 2 is 1.68 bits per heavy atom. The van der Waals surface area contributed by atoms with Crippen LogP contribution in [-0.2, 0) is 6.18 Å². The molecule has 2 rings (SSSR count). The van der Waals surface area contributed by atoms with Crippen LogP contribution in [0.15, 0.2) is 36.4 Å². The third-order valence-corrected chi connectivity index (χ3v) is 4.81. The molecule has 0 fully saturated rings. The van der Waals surface area contributed by atoms with Crippen molar-refractivity contribution in [2.24, 2.45) is 0 Å². The van der Waals surface area contributed by atoms with Crippen LogP contribution >= 0.6 is 69.0 Å². The van der Waals surface area contributed by atoms with E-state index >= 15 is 0 Å². The zero-order chi connectivity index (χ0) is 18.8. The molecule has 0 aromatic heterocycles. The molecule has 0 bridgehead atoms. The van der Waals surface area contributed by atoms with E-state index in [9.17, 15) is 18.0 Å². The topological polar surface area (TPSA) is 41.1 Å². The van der Waals surface area contributed by atoms with Crippen molar-refractivity contribution in [2.45, 2.75) is 6.18 Å². The van der Waals surface area contributed by atoms with E-state index in [1.165, 1.54) is 12.1 Å². The Morgan fingerprint density at radius 3 is 2.32 bits per heavy atom. The molecule has 0 aliphatic heterocycles. The number of thiocarbonyl (C=S) groups is 1. The smallest absolute Gasteiger partial charge is 0.332 e. The molecule has 0 aliphatic rings. The lowest BCUT2D eigenvalue weighted by molar-refractivity contribution is -0.136. The minimum atomic E-state index is -4.55. The third kappa shape index (κ3) is 5.66. The van der Waals surface area contributed by atoms with Crippen LogP contribution in [0.25, 0.3) is 0 Å². The van der Waals surface area contributed by atoms with E-state index in [0.29, 0.717) is 3.57 Å². The van der Waals surface area contributed by atoms with Gasteiger partial charge < -0.3 is 5.32 Å². The Morgan fingerprint density at radius 1 is 1.08 bits per heavy atom. The lowest BCUT2D eigenvalue weighted by Gasteiger charge is -2.16. The van der Waals surface area contributed by atoms with Crippen LogP contribution in [-0.4, -0.2) is 11.0 Å². The summed E-state index contributed by atoms with van der Waals surface area (Å²) in [6.07, 6.45) is -4.55. The van der Waals surface area contributed by atoms with Gasteiger partial charge in [0.05, 0.1) is 21.8 Å². The fourth-order valence-electron chi connectivity index (χ4n) is 1.86. The Bertz CT molecular complexity index is 846. The van der Waals surface area contributed by atoms with Gasteiger partial charge in [-0.05, 0) is 93.8 Å². The first kappa shape index (κ1) is 20.6. The summed E-state index contributed by atoms with van der Waals surface area (Å²) in [5.74, 6) is -0.611. The maximum atomic E-state index is 13.1. The molecule has 3 nitrogen and oxygen atoms in total. The lowest BCUT2D eigenvalue weighted by Crippen LogP contribution is -2.34. The predicted octanol–water partition coefficient (Wildman–Crippen LogP) is 5.69. The van der Waals surface area contributed by atoms with E-state index < -0.39 is 17.6 Å². The molecule has 0 heterocycles. The first-order valence-corrected chi connectivity index (χ1v) is 9.46. The molecule has 132 valence electrons. The fraction of sp³-hybridized carbons (Fsp3) is 0.0667. The van der Waals surface area contributed by atoms with E-state index in [2.05, 4.69) is 10.6 Å². The Kier molecular flexibility index (Phi) is 6.90. The minimum Gasteiger partial charge on any atom is -0.332 e. The van der Waals surface area contributed by atoms with Crippen molar-refractivity contribution in [3.8, 4) is 0 Å². The Hall–Kier alpha value is -0.660. The van der Waals surface area contributed by atoms with Crippen molar-refractivity contribution in [3.05, 3.63) is 59.7 Å². The standard InChI is InChI=1S/C15H8ClF3I2N2OS/c16-11-3-1-7(20)5-9(11)13(24)23-14(25)22-12-4-2-8(21)6-10(12)15(17,18)19/h1-6H,(H2,22,23,24,25). The van der Waals surface area contributed by atoms with Crippen molar-refractivity contribution in [2.75, 3.05) is 5.32 Å². The second-order valence-electron chi connectivity index (χ2n) is 4.72. The van der Waals surface area contributed by atoms with E-state index in [0.717, 1.165) is 9.64 Å². The molecule has 0 saturated heterocycles. The number of anilines is 1. The number of carbonyl (C=O) groups is 1. The lowest BCUT2D eigenvalue weighted by atomic mass is 10.1. The van der Waals surface area contributed by atoms with E-state index in [1.807, 2.05) is 22.6 Å². The number of hydrogen-bond donors (Lipinski definition) is 2. The van der Waals surface area contributed by atoms with Gasteiger partial charge in [0.15, 0.2) is 5.11 Å². The highest BCUT2D eigenvalue weighted by atomic mass is 127. The van der Waals surface area contributed by atoms with Crippen molar-refractivity contribution in [1.82, 2.24) is 5.32 Å². The largest absolute Gasteiger partial charge is 0.418 e. The summed E-state index contributed by atoms with van der Waals surface area (Å²) in [6.45, 7) is 0. The third-order valence-electron chi connectivity index (χ3n) is 2.94. The average Bonchev–Trinajstić information content (AvgIpc) is 2.50. The van der Waals surface area contributed by atoms with Crippen molar-refractivity contribution < 1.29 is 18.0 Å². The number of alkyl halides is 3. The number of benzene rings is 2. The Balaban J connectivity index is 2.18. The van der Waals surface area contributed by atoms with Crippen LogP contribution in [0.2, 0.25) is 5.02 Å². The summed E-state index contributed by atoms with van der Waals surface area (Å²) in [4.78, 5) is 12.2. The molecule has 2 aromatic rings. The van der Waals surface area contributed by atoms with Crippen LogP contribution in [0.3, 0.4) is 0 Å². The van der Waals surface area contributed by atoms with Crippen LogP contribution in [0.1, 0.15) is 15.9 Å². The number of rotatable bonds is 2. The second-order valence-corrected chi connectivity index (χ2v) is 8.03. The summed E-state index contributed by atoms with van der Waals surface area (Å²) >= 11 is 14.7. The summed E-state index contributed by atoms with van der Waals surface area (Å²) in [5.41, 5.74) is -0.938. The van der Waals surface area contributed by atoms with Gasteiger partial charge in [0.1, 0.15) is 0 Å². The monoisotopic (exact) mass is 610 g/mol. The van der Waals surface area contributed by atoms with Crippen molar-refractivity contribution in [3.63, 3.8) is 0 Å². The molecular weight excluding hydrogens is 602 g/mol. The number of carbonyl (C=O) groups excluding carboxylic acids is 1. The maximum absolute atomic E-state index is 13.1. The van der Waals surface area contributed by atoms with Gasteiger partial charge in [0.2, 0.25) is 0 Å². The fourth-order valence-corrected chi connectivity index (χ4v) is 3.24. The molecule has 2 aromatic carbocycles. The van der Waals surface area contributed by atoms with Gasteiger partial charge in [-0.3, -0.25) is 10.1 Å². The summed E-state index contributed by atoms with van der Waals surface area (Å²) in [6, 6.07) is 8.56. The zero-order valence-corrected chi connectivity index (χ0v) is 17.9. The first-order chi connectivity index (χ1) is 11.6. The van der Waals surface area contributed by atoms with Crippen molar-refractivity contribution >= 4 is 85.7 Å². The molecule has 10 heteroatoms. The molecule has 0 radical (unpaired) electrons. The quantitative estimate of drug-likeness (QED) is 0.339. The summed E-state index contributed by atoms with van der Waals surface area (Å²) in [7, 11) is 0.